The predicted octanol–water partition coefficient (Wildman–Crippen LogP) is 5.61. The molecule has 2 heterocycles. The van der Waals surface area contributed by atoms with Crippen molar-refractivity contribution in [3.05, 3.63) is 66.0 Å². The number of hydrogen-bond acceptors (Lipinski definition) is 4. The van der Waals surface area contributed by atoms with E-state index in [1.54, 1.807) is 4.90 Å². The van der Waals surface area contributed by atoms with Crippen LogP contribution in [0.2, 0.25) is 0 Å². The number of carbonyl (C=O) groups is 3. The molecule has 1 N–H and O–H groups in total. The van der Waals surface area contributed by atoms with Crippen LogP contribution in [-0.2, 0) is 21.4 Å². The van der Waals surface area contributed by atoms with Gasteiger partial charge in [0.15, 0.2) is 5.78 Å². The summed E-state index contributed by atoms with van der Waals surface area (Å²) in [6.45, 7) is 2.39. The molecule has 1 aliphatic rings. The van der Waals surface area contributed by atoms with E-state index < -0.39 is 24.5 Å². The zero-order chi connectivity index (χ0) is 28.9. The third-order valence-corrected chi connectivity index (χ3v) is 7.49. The van der Waals surface area contributed by atoms with Crippen molar-refractivity contribution < 1.29 is 27.6 Å². The minimum atomic E-state index is -4.37. The van der Waals surface area contributed by atoms with Gasteiger partial charge in [-0.1, -0.05) is 49.4 Å². The molecule has 1 aliphatic heterocycles. The van der Waals surface area contributed by atoms with Crippen molar-refractivity contribution in [3.8, 4) is 0 Å². The summed E-state index contributed by atoms with van der Waals surface area (Å²) in [6, 6.07) is 16.0. The summed E-state index contributed by atoms with van der Waals surface area (Å²) in [6.07, 6.45) is -4.85. The van der Waals surface area contributed by atoms with Gasteiger partial charge in [0.1, 0.15) is 5.82 Å². The largest absolute Gasteiger partial charge is 0.389 e. The molecule has 0 saturated carbocycles. The van der Waals surface area contributed by atoms with Gasteiger partial charge in [-0.05, 0) is 37.0 Å². The number of likely N-dealkylation sites (tertiary alicyclic amines) is 1. The maximum absolute atomic E-state index is 13.5. The number of benzene rings is 2. The van der Waals surface area contributed by atoms with Crippen molar-refractivity contribution in [2.75, 3.05) is 6.54 Å². The molecule has 1 aromatic heterocycles. The first kappa shape index (κ1) is 29.3. The number of para-hydroxylation sites is 2. The summed E-state index contributed by atoms with van der Waals surface area (Å²) in [5, 5.41) is 2.58. The lowest BCUT2D eigenvalue weighted by Crippen LogP contribution is -2.45. The monoisotopic (exact) mass is 556 g/mol. The normalized spacial score (nSPS) is 17.1. The SMILES string of the molecule is C[C@H](CC(=O)[C@H](CC(=O)N1CCC[C@@H]1c1ccccc1)NC(=O)CCCC(F)(F)F)c1nc2ccccc2n1C. The molecule has 3 atom stereocenters. The quantitative estimate of drug-likeness (QED) is 0.333. The van der Waals surface area contributed by atoms with Gasteiger partial charge in [0.25, 0.3) is 0 Å². The summed E-state index contributed by atoms with van der Waals surface area (Å²) in [7, 11) is 1.87. The number of halogens is 3. The van der Waals surface area contributed by atoms with E-state index in [-0.39, 0.29) is 49.3 Å². The first-order valence-electron chi connectivity index (χ1n) is 13.7. The summed E-state index contributed by atoms with van der Waals surface area (Å²) >= 11 is 0. The number of alkyl halides is 3. The second-order valence-corrected chi connectivity index (χ2v) is 10.5. The molecule has 0 unspecified atom stereocenters. The third-order valence-electron chi connectivity index (χ3n) is 7.49. The predicted molar refractivity (Wildman–Crippen MR) is 145 cm³/mol. The number of aromatic nitrogens is 2. The number of amides is 2. The van der Waals surface area contributed by atoms with Gasteiger partial charge < -0.3 is 14.8 Å². The standard InChI is InChI=1S/C30H35F3N4O3/c1-20(29-35-22-12-6-7-13-25(22)36(29)2)18-26(38)23(34-27(39)15-8-16-30(31,32)33)19-28(40)37-17-9-14-24(37)21-10-4-3-5-11-21/h3-7,10-13,20,23-24H,8-9,14-19H2,1-2H3,(H,34,39)/t20-,23+,24-/m1/s1. The second-order valence-electron chi connectivity index (χ2n) is 10.5. The zero-order valence-electron chi connectivity index (χ0n) is 22.8. The fourth-order valence-corrected chi connectivity index (χ4v) is 5.48. The van der Waals surface area contributed by atoms with E-state index in [1.165, 1.54) is 0 Å². The summed E-state index contributed by atoms with van der Waals surface area (Å²) in [5.74, 6) is -0.914. The molecule has 3 aromatic rings. The average Bonchev–Trinajstić information content (AvgIpc) is 3.53. The summed E-state index contributed by atoms with van der Waals surface area (Å²) < 4.78 is 39.7. The smallest absolute Gasteiger partial charge is 0.346 e. The highest BCUT2D eigenvalue weighted by molar-refractivity contribution is 5.93. The van der Waals surface area contributed by atoms with Crippen LogP contribution in [0.5, 0.6) is 0 Å². The maximum Gasteiger partial charge on any atom is 0.389 e. The number of aryl methyl sites for hydroxylation is 1. The molecule has 10 heteroatoms. The molecule has 1 saturated heterocycles. The van der Waals surface area contributed by atoms with Crippen LogP contribution < -0.4 is 5.32 Å². The number of nitrogens with zero attached hydrogens (tertiary/aromatic N) is 3. The number of Topliss-reactive ketones (excluding diaryl/α,β-unsaturated/α-hetero) is 1. The van der Waals surface area contributed by atoms with Crippen molar-refractivity contribution in [1.82, 2.24) is 19.8 Å². The van der Waals surface area contributed by atoms with Crippen LogP contribution in [0.15, 0.2) is 54.6 Å². The second kappa shape index (κ2) is 12.7. The average molecular weight is 557 g/mol. The highest BCUT2D eigenvalue weighted by Gasteiger charge is 2.34. The molecule has 0 aliphatic carbocycles. The number of imidazole rings is 1. The van der Waals surface area contributed by atoms with Gasteiger partial charge in [0.2, 0.25) is 11.8 Å². The minimum absolute atomic E-state index is 0.0139. The van der Waals surface area contributed by atoms with Gasteiger partial charge in [-0.2, -0.15) is 13.2 Å². The molecule has 1 fully saturated rings. The highest BCUT2D eigenvalue weighted by Crippen LogP contribution is 2.33. The molecule has 7 nitrogen and oxygen atoms in total. The number of hydrogen-bond donors (Lipinski definition) is 1. The van der Waals surface area contributed by atoms with Gasteiger partial charge in [0, 0.05) is 38.8 Å². The summed E-state index contributed by atoms with van der Waals surface area (Å²) in [4.78, 5) is 46.0. The van der Waals surface area contributed by atoms with Gasteiger partial charge in [-0.15, -0.1) is 0 Å². The van der Waals surface area contributed by atoms with Crippen molar-refractivity contribution in [1.29, 1.82) is 0 Å². The lowest BCUT2D eigenvalue weighted by molar-refractivity contribution is -0.138. The van der Waals surface area contributed by atoms with E-state index in [1.807, 2.05) is 73.1 Å². The van der Waals surface area contributed by atoms with Crippen LogP contribution in [0.25, 0.3) is 11.0 Å². The Bertz CT molecular complexity index is 1340. The zero-order valence-corrected chi connectivity index (χ0v) is 22.8. The van der Waals surface area contributed by atoms with Gasteiger partial charge >= 0.3 is 6.18 Å². The fourth-order valence-electron chi connectivity index (χ4n) is 5.48. The first-order chi connectivity index (χ1) is 19.0. The first-order valence-corrected chi connectivity index (χ1v) is 13.7. The number of rotatable bonds is 11. The Hall–Kier alpha value is -3.69. The van der Waals surface area contributed by atoms with Crippen LogP contribution >= 0.6 is 0 Å². The van der Waals surface area contributed by atoms with Crippen LogP contribution in [0.4, 0.5) is 13.2 Å². The molecule has 40 heavy (non-hydrogen) atoms. The van der Waals surface area contributed by atoms with Crippen molar-refractivity contribution in [3.63, 3.8) is 0 Å². The Balaban J connectivity index is 1.48. The molecule has 2 aromatic carbocycles. The molecular weight excluding hydrogens is 521 g/mol. The minimum Gasteiger partial charge on any atom is -0.346 e. The lowest BCUT2D eigenvalue weighted by atomic mass is 9.96. The Morgan fingerprint density at radius 1 is 1.05 bits per heavy atom. The molecule has 0 bridgehead atoms. The van der Waals surface area contributed by atoms with E-state index in [4.69, 9.17) is 0 Å². The number of ketones is 1. The number of carbonyl (C=O) groups excluding carboxylic acids is 3. The molecule has 4 rings (SSSR count). The van der Waals surface area contributed by atoms with E-state index in [2.05, 4.69) is 10.3 Å². The van der Waals surface area contributed by atoms with Crippen LogP contribution in [-0.4, -0.2) is 50.8 Å². The number of fused-ring (bicyclic) bond motifs is 1. The summed E-state index contributed by atoms with van der Waals surface area (Å²) in [5.41, 5.74) is 2.72. The molecule has 0 spiro atoms. The third kappa shape index (κ3) is 7.28. The molecular formula is C30H35F3N4O3. The lowest BCUT2D eigenvalue weighted by Gasteiger charge is -2.27. The van der Waals surface area contributed by atoms with Crippen LogP contribution in [0.3, 0.4) is 0 Å². The van der Waals surface area contributed by atoms with Crippen molar-refractivity contribution >= 4 is 28.6 Å². The molecule has 214 valence electrons. The van der Waals surface area contributed by atoms with Crippen LogP contribution in [0, 0.1) is 0 Å². The van der Waals surface area contributed by atoms with E-state index in [9.17, 15) is 27.6 Å². The molecule has 2 amide bonds. The molecule has 0 radical (unpaired) electrons. The van der Waals surface area contributed by atoms with E-state index >= 15 is 0 Å². The fraction of sp³-hybridized carbons (Fsp3) is 0.467. The van der Waals surface area contributed by atoms with Gasteiger partial charge in [-0.25, -0.2) is 4.98 Å². The number of nitrogens with one attached hydrogen (secondary N) is 1. The topological polar surface area (TPSA) is 84.3 Å². The Morgan fingerprint density at radius 3 is 2.45 bits per heavy atom. The Labute approximate surface area is 231 Å². The van der Waals surface area contributed by atoms with Crippen LogP contribution in [0.1, 0.15) is 75.2 Å². The van der Waals surface area contributed by atoms with E-state index in [0.717, 1.165) is 29.4 Å². The highest BCUT2D eigenvalue weighted by atomic mass is 19.4. The van der Waals surface area contributed by atoms with Crippen molar-refractivity contribution in [2.45, 2.75) is 76.0 Å². The van der Waals surface area contributed by atoms with Crippen molar-refractivity contribution in [2.24, 2.45) is 7.05 Å². The van der Waals surface area contributed by atoms with Gasteiger partial charge in [-0.3, -0.25) is 14.4 Å². The maximum atomic E-state index is 13.5. The van der Waals surface area contributed by atoms with E-state index in [0.29, 0.717) is 12.4 Å². The Kier molecular flexibility index (Phi) is 9.27. The Morgan fingerprint density at radius 2 is 1.75 bits per heavy atom. The van der Waals surface area contributed by atoms with Gasteiger partial charge in [0.05, 0.1) is 29.5 Å².